The number of hydrogen-bond acceptors (Lipinski definition) is 5. The second-order valence-electron chi connectivity index (χ2n) is 11.2. The maximum atomic E-state index is 13.6. The summed E-state index contributed by atoms with van der Waals surface area (Å²) < 4.78 is 24.6. The van der Waals surface area contributed by atoms with Gasteiger partial charge in [0, 0.05) is 11.6 Å². The Morgan fingerprint density at radius 1 is 0.973 bits per heavy atom. The van der Waals surface area contributed by atoms with Crippen LogP contribution in [0.2, 0.25) is 5.02 Å². The van der Waals surface area contributed by atoms with Gasteiger partial charge in [-0.25, -0.2) is 4.39 Å². The second kappa shape index (κ2) is 10.5. The van der Waals surface area contributed by atoms with E-state index in [0.29, 0.717) is 37.9 Å². The van der Waals surface area contributed by atoms with Crippen molar-refractivity contribution < 1.29 is 28.6 Å². The molecular formula is C28H34ClFN2O5. The van der Waals surface area contributed by atoms with Crippen LogP contribution in [0.25, 0.3) is 0 Å². The number of fused-ring (bicyclic) bond motifs is 3. The van der Waals surface area contributed by atoms with E-state index in [1.54, 1.807) is 0 Å². The van der Waals surface area contributed by atoms with E-state index in [4.69, 9.17) is 21.1 Å². The molecule has 0 heterocycles. The van der Waals surface area contributed by atoms with E-state index in [9.17, 15) is 19.1 Å². The molecule has 5 rings (SSSR count). The van der Waals surface area contributed by atoms with Crippen LogP contribution in [0.1, 0.15) is 58.4 Å². The lowest BCUT2D eigenvalue weighted by Crippen LogP contribution is -2.70. The minimum atomic E-state index is -0.821. The number of ether oxygens (including phenoxy) is 2. The van der Waals surface area contributed by atoms with E-state index in [1.165, 1.54) is 17.7 Å². The molecule has 37 heavy (non-hydrogen) atoms. The molecule has 0 saturated heterocycles. The van der Waals surface area contributed by atoms with Crippen LogP contribution < -0.4 is 20.1 Å². The molecule has 2 aromatic rings. The standard InChI is InChI=1S/C28H34ClFN2O5/c1-26(2,3)18-4-6-19(7-5-18)36-16-24(34)31-27-10-12-28(13-11-27,23(33)15-27)32-25(35)17-37-20-8-9-21(29)22(30)14-20/h4-9,14,23,33H,10-13,15-17H2,1-3H3,(H,31,34)(H,32,35)/t23-,27?,28?/m0/s1. The van der Waals surface area contributed by atoms with E-state index in [-0.39, 0.29) is 35.3 Å². The zero-order chi connectivity index (χ0) is 26.8. The summed E-state index contributed by atoms with van der Waals surface area (Å²) in [5, 5.41) is 16.9. The number of halogens is 2. The summed E-state index contributed by atoms with van der Waals surface area (Å²) in [6.07, 6.45) is 1.80. The number of carbonyl (C=O) groups excluding carboxylic acids is 2. The first-order chi connectivity index (χ1) is 17.4. The molecule has 7 nitrogen and oxygen atoms in total. The number of carbonyl (C=O) groups is 2. The minimum Gasteiger partial charge on any atom is -0.484 e. The second-order valence-corrected chi connectivity index (χ2v) is 11.6. The summed E-state index contributed by atoms with van der Waals surface area (Å²) >= 11 is 5.67. The molecule has 3 N–H and O–H groups in total. The minimum absolute atomic E-state index is 0.0277. The Labute approximate surface area is 221 Å². The van der Waals surface area contributed by atoms with Gasteiger partial charge in [-0.05, 0) is 67.3 Å². The maximum Gasteiger partial charge on any atom is 0.258 e. The predicted octanol–water partition coefficient (Wildman–Crippen LogP) is 4.28. The Morgan fingerprint density at radius 2 is 1.54 bits per heavy atom. The van der Waals surface area contributed by atoms with E-state index in [2.05, 4.69) is 31.4 Å². The zero-order valence-corrected chi connectivity index (χ0v) is 22.2. The highest BCUT2D eigenvalue weighted by atomic mass is 35.5. The van der Waals surface area contributed by atoms with E-state index in [0.717, 1.165) is 6.07 Å². The van der Waals surface area contributed by atoms with Crippen molar-refractivity contribution in [2.24, 2.45) is 0 Å². The molecule has 0 aromatic heterocycles. The van der Waals surface area contributed by atoms with Gasteiger partial charge in [-0.2, -0.15) is 0 Å². The van der Waals surface area contributed by atoms with Crippen molar-refractivity contribution in [3.05, 3.63) is 58.9 Å². The van der Waals surface area contributed by atoms with Gasteiger partial charge in [0.05, 0.1) is 16.7 Å². The lowest BCUT2D eigenvalue weighted by Gasteiger charge is -2.56. The van der Waals surface area contributed by atoms with Crippen molar-refractivity contribution in [2.45, 2.75) is 75.5 Å². The smallest absolute Gasteiger partial charge is 0.258 e. The molecule has 0 spiro atoms. The third-order valence-corrected chi connectivity index (χ3v) is 7.77. The van der Waals surface area contributed by atoms with Gasteiger partial charge in [0.15, 0.2) is 13.2 Å². The van der Waals surface area contributed by atoms with Crippen molar-refractivity contribution >= 4 is 23.4 Å². The Morgan fingerprint density at radius 3 is 2.11 bits per heavy atom. The van der Waals surface area contributed by atoms with E-state index in [1.807, 2.05) is 24.3 Å². The Kier molecular flexibility index (Phi) is 7.72. The van der Waals surface area contributed by atoms with Gasteiger partial charge in [-0.1, -0.05) is 44.5 Å². The van der Waals surface area contributed by atoms with Crippen molar-refractivity contribution in [3.63, 3.8) is 0 Å². The van der Waals surface area contributed by atoms with Crippen molar-refractivity contribution in [2.75, 3.05) is 13.2 Å². The number of aliphatic hydroxyl groups excluding tert-OH is 1. The van der Waals surface area contributed by atoms with Gasteiger partial charge < -0.3 is 25.2 Å². The average molecular weight is 533 g/mol. The number of hydrogen-bond donors (Lipinski definition) is 3. The van der Waals surface area contributed by atoms with Crippen molar-refractivity contribution in [1.29, 1.82) is 0 Å². The van der Waals surface area contributed by atoms with Gasteiger partial charge in [0.2, 0.25) is 0 Å². The number of rotatable bonds is 8. The topological polar surface area (TPSA) is 96.9 Å². The highest BCUT2D eigenvalue weighted by Gasteiger charge is 2.55. The summed E-state index contributed by atoms with van der Waals surface area (Å²) in [7, 11) is 0. The normalized spacial score (nSPS) is 24.9. The van der Waals surface area contributed by atoms with Crippen LogP contribution in [0.15, 0.2) is 42.5 Å². The summed E-state index contributed by atoms with van der Waals surface area (Å²) in [5.74, 6) is -0.460. The molecule has 3 saturated carbocycles. The van der Waals surface area contributed by atoms with Crippen LogP contribution >= 0.6 is 11.6 Å². The quantitative estimate of drug-likeness (QED) is 0.471. The molecule has 3 aliphatic carbocycles. The third kappa shape index (κ3) is 6.36. The van der Waals surface area contributed by atoms with Gasteiger partial charge in [-0.15, -0.1) is 0 Å². The first-order valence-corrected chi connectivity index (χ1v) is 12.9. The highest BCUT2D eigenvalue weighted by Crippen LogP contribution is 2.47. The van der Waals surface area contributed by atoms with Crippen LogP contribution in [-0.4, -0.2) is 47.3 Å². The molecule has 200 valence electrons. The summed E-state index contributed by atoms with van der Waals surface area (Å²) in [6, 6.07) is 11.7. The third-order valence-electron chi connectivity index (χ3n) is 7.47. The Balaban J connectivity index is 1.26. The maximum absolute atomic E-state index is 13.6. The molecule has 9 heteroatoms. The number of aliphatic hydroxyl groups is 1. The van der Waals surface area contributed by atoms with Crippen molar-refractivity contribution in [3.8, 4) is 11.5 Å². The van der Waals surface area contributed by atoms with Gasteiger partial charge in [0.25, 0.3) is 11.8 Å². The summed E-state index contributed by atoms with van der Waals surface area (Å²) in [6.45, 7) is 5.98. The fourth-order valence-corrected chi connectivity index (χ4v) is 5.34. The molecule has 2 bridgehead atoms. The van der Waals surface area contributed by atoms with Gasteiger partial charge in [-0.3, -0.25) is 9.59 Å². The van der Waals surface area contributed by atoms with Crippen LogP contribution in [0.5, 0.6) is 11.5 Å². The zero-order valence-electron chi connectivity index (χ0n) is 21.4. The first kappa shape index (κ1) is 27.2. The SMILES string of the molecule is CC(C)(C)c1ccc(OCC(=O)NC23CCC(NC(=O)COc4ccc(Cl)c(F)c4)(CC2)[C@@H](O)C3)cc1. The van der Waals surface area contributed by atoms with Gasteiger partial charge in [0.1, 0.15) is 17.3 Å². The molecule has 2 amide bonds. The van der Waals surface area contributed by atoms with Crippen LogP contribution in [-0.2, 0) is 15.0 Å². The van der Waals surface area contributed by atoms with Crippen LogP contribution in [0, 0.1) is 5.82 Å². The van der Waals surface area contributed by atoms with E-state index < -0.39 is 28.9 Å². The average Bonchev–Trinajstić information content (AvgIpc) is 2.84. The Hall–Kier alpha value is -2.84. The lowest BCUT2D eigenvalue weighted by molar-refractivity contribution is -0.137. The van der Waals surface area contributed by atoms with E-state index >= 15 is 0 Å². The fraction of sp³-hybridized carbons (Fsp3) is 0.500. The molecule has 3 aliphatic rings. The molecule has 2 aromatic carbocycles. The predicted molar refractivity (Wildman–Crippen MR) is 138 cm³/mol. The van der Waals surface area contributed by atoms with Crippen LogP contribution in [0.3, 0.4) is 0 Å². The summed E-state index contributed by atoms with van der Waals surface area (Å²) in [4.78, 5) is 25.2. The van der Waals surface area contributed by atoms with Crippen molar-refractivity contribution in [1.82, 2.24) is 10.6 Å². The van der Waals surface area contributed by atoms with Gasteiger partial charge >= 0.3 is 0 Å². The molecular weight excluding hydrogens is 499 g/mol. The molecule has 3 fully saturated rings. The van der Waals surface area contributed by atoms with Crippen LogP contribution in [0.4, 0.5) is 4.39 Å². The number of amides is 2. The number of nitrogens with one attached hydrogen (secondary N) is 2. The lowest BCUT2D eigenvalue weighted by atomic mass is 9.60. The monoisotopic (exact) mass is 532 g/mol. The molecule has 0 radical (unpaired) electrons. The largest absolute Gasteiger partial charge is 0.484 e. The Bertz CT molecular complexity index is 1140. The molecule has 0 unspecified atom stereocenters. The highest BCUT2D eigenvalue weighted by molar-refractivity contribution is 6.30. The summed E-state index contributed by atoms with van der Waals surface area (Å²) in [5.41, 5.74) is -0.0820. The fourth-order valence-electron chi connectivity index (χ4n) is 5.22. The number of benzene rings is 2. The first-order valence-electron chi connectivity index (χ1n) is 12.5. The molecule has 1 atom stereocenters. The molecule has 0 aliphatic heterocycles.